The molecule has 0 spiro atoms. The lowest BCUT2D eigenvalue weighted by Gasteiger charge is -2.14. The third-order valence-electron chi connectivity index (χ3n) is 6.07. The number of anilines is 1. The van der Waals surface area contributed by atoms with Crippen LogP contribution in [0, 0.1) is 5.82 Å². The Kier molecular flexibility index (Phi) is 6.37. The number of hydrogen-bond donors (Lipinski definition) is 1. The molecule has 0 amide bonds. The van der Waals surface area contributed by atoms with Gasteiger partial charge in [-0.15, -0.1) is 0 Å². The molecule has 0 radical (unpaired) electrons. The van der Waals surface area contributed by atoms with E-state index in [2.05, 4.69) is 16.5 Å². The minimum atomic E-state index is -3.54. The first-order chi connectivity index (χ1) is 17.3. The van der Waals surface area contributed by atoms with Gasteiger partial charge in [-0.1, -0.05) is 30.3 Å². The van der Waals surface area contributed by atoms with Gasteiger partial charge in [-0.3, -0.25) is 0 Å². The number of hydrogen-bond acceptors (Lipinski definition) is 7. The monoisotopic (exact) mass is 528 g/mol. The van der Waals surface area contributed by atoms with Crippen molar-refractivity contribution in [3.8, 4) is 17.0 Å². The van der Waals surface area contributed by atoms with E-state index in [0.29, 0.717) is 46.0 Å². The molecule has 1 saturated heterocycles. The first-order valence-corrected chi connectivity index (χ1v) is 12.9. The Bertz CT molecular complexity index is 1560. The Hall–Kier alpha value is -3.54. The van der Waals surface area contributed by atoms with Gasteiger partial charge in [0.1, 0.15) is 36.0 Å². The van der Waals surface area contributed by atoms with Crippen LogP contribution in [0.2, 0.25) is 5.02 Å². The van der Waals surface area contributed by atoms with E-state index in [9.17, 15) is 12.8 Å². The largest absolute Gasteiger partial charge is 0.487 e. The van der Waals surface area contributed by atoms with Crippen molar-refractivity contribution in [3.63, 3.8) is 0 Å². The number of halogens is 2. The van der Waals surface area contributed by atoms with Crippen LogP contribution in [0.1, 0.15) is 18.0 Å². The summed E-state index contributed by atoms with van der Waals surface area (Å²) in [4.78, 5) is 8.51. The topological polar surface area (TPSA) is 116 Å². The van der Waals surface area contributed by atoms with Crippen LogP contribution >= 0.6 is 11.6 Å². The van der Waals surface area contributed by atoms with Gasteiger partial charge in [0.2, 0.25) is 10.0 Å². The molecule has 1 aliphatic heterocycles. The molecular weight excluding hydrogens is 507 g/mol. The Balaban J connectivity index is 1.46. The summed E-state index contributed by atoms with van der Waals surface area (Å²) in [6.45, 7) is 4.22. The zero-order valence-corrected chi connectivity index (χ0v) is 20.6. The van der Waals surface area contributed by atoms with Crippen LogP contribution in [0.4, 0.5) is 10.2 Å². The van der Waals surface area contributed by atoms with Crippen LogP contribution < -0.4 is 10.5 Å². The second-order valence-electron chi connectivity index (χ2n) is 8.32. The van der Waals surface area contributed by atoms with Crippen LogP contribution in [-0.4, -0.2) is 45.6 Å². The maximum absolute atomic E-state index is 13.1. The summed E-state index contributed by atoms with van der Waals surface area (Å²) in [7, 11) is -3.54. The number of aromatic nitrogens is 4. The molecule has 0 bridgehead atoms. The lowest BCUT2D eigenvalue weighted by atomic mass is 10.1. The number of nitrogens with zero attached hydrogens (tertiary/aromatic N) is 5. The Morgan fingerprint density at radius 1 is 1.22 bits per heavy atom. The fourth-order valence-electron chi connectivity index (χ4n) is 4.21. The van der Waals surface area contributed by atoms with Crippen molar-refractivity contribution in [1.29, 1.82) is 0 Å². The van der Waals surface area contributed by atoms with E-state index < -0.39 is 10.0 Å². The average molecular weight is 529 g/mol. The van der Waals surface area contributed by atoms with Gasteiger partial charge in [-0.05, 0) is 42.3 Å². The van der Waals surface area contributed by atoms with Crippen molar-refractivity contribution in [2.24, 2.45) is 0 Å². The smallest absolute Gasteiger partial charge is 0.235 e. The highest BCUT2D eigenvalue weighted by Crippen LogP contribution is 2.37. The second-order valence-corrected chi connectivity index (χ2v) is 10.6. The van der Waals surface area contributed by atoms with Gasteiger partial charge in [-0.2, -0.15) is 9.40 Å². The zero-order chi connectivity index (χ0) is 25.4. The van der Waals surface area contributed by atoms with E-state index in [1.54, 1.807) is 35.0 Å². The number of nitrogens with two attached hydrogens (primary N) is 1. The normalized spacial score (nSPS) is 16.4. The van der Waals surface area contributed by atoms with Crippen molar-refractivity contribution >= 4 is 38.5 Å². The fraction of sp³-hybridized carbons (Fsp3) is 0.208. The minimum absolute atomic E-state index is 0.226. The van der Waals surface area contributed by atoms with E-state index in [-0.39, 0.29) is 30.8 Å². The molecule has 1 fully saturated rings. The fourth-order valence-corrected chi connectivity index (χ4v) is 5.39. The first kappa shape index (κ1) is 24.2. The van der Waals surface area contributed by atoms with Gasteiger partial charge in [0.15, 0.2) is 5.65 Å². The van der Waals surface area contributed by atoms with E-state index in [1.807, 2.05) is 0 Å². The van der Waals surface area contributed by atoms with Gasteiger partial charge in [0.05, 0.1) is 16.5 Å². The number of ether oxygens (including phenoxy) is 1. The van der Waals surface area contributed by atoms with Gasteiger partial charge < -0.3 is 10.5 Å². The second kappa shape index (κ2) is 9.49. The summed E-state index contributed by atoms with van der Waals surface area (Å²) in [5.74, 6) is 0.394. The molecule has 1 atom stereocenters. The van der Waals surface area contributed by atoms with E-state index >= 15 is 0 Å². The Labute approximate surface area is 212 Å². The third kappa shape index (κ3) is 4.52. The molecule has 5 rings (SSSR count). The number of sulfonamides is 1. The van der Waals surface area contributed by atoms with Crippen LogP contribution in [0.25, 0.3) is 22.3 Å². The SMILES string of the molecule is C=CS(=O)(=O)N1CC[C@H](n2nc(-c3ccc(OCc4ccc(F)cc4)c(Cl)c3)c3c(N)ncnc32)C1. The van der Waals surface area contributed by atoms with Crippen molar-refractivity contribution in [1.82, 2.24) is 24.1 Å². The molecule has 0 unspecified atom stereocenters. The number of nitrogen functional groups attached to an aromatic ring is 1. The minimum Gasteiger partial charge on any atom is -0.487 e. The highest BCUT2D eigenvalue weighted by molar-refractivity contribution is 7.92. The van der Waals surface area contributed by atoms with Crippen molar-refractivity contribution in [3.05, 3.63) is 77.2 Å². The van der Waals surface area contributed by atoms with Crippen molar-refractivity contribution < 1.29 is 17.5 Å². The molecule has 12 heteroatoms. The number of rotatable bonds is 7. The lowest BCUT2D eigenvalue weighted by Crippen LogP contribution is -2.27. The van der Waals surface area contributed by atoms with Gasteiger partial charge in [-0.25, -0.2) is 27.5 Å². The van der Waals surface area contributed by atoms with E-state index in [4.69, 9.17) is 27.2 Å². The molecule has 36 heavy (non-hydrogen) atoms. The molecule has 1 aliphatic rings. The van der Waals surface area contributed by atoms with Crippen LogP contribution in [0.3, 0.4) is 0 Å². The predicted molar refractivity (Wildman–Crippen MR) is 135 cm³/mol. The molecule has 9 nitrogen and oxygen atoms in total. The zero-order valence-electron chi connectivity index (χ0n) is 19.0. The summed E-state index contributed by atoms with van der Waals surface area (Å²) in [6, 6.07) is 11.0. The van der Waals surface area contributed by atoms with Gasteiger partial charge in [0, 0.05) is 24.1 Å². The summed E-state index contributed by atoms with van der Waals surface area (Å²) in [5.41, 5.74) is 8.72. The molecule has 0 saturated carbocycles. The molecule has 2 N–H and O–H groups in total. The van der Waals surface area contributed by atoms with E-state index in [0.717, 1.165) is 11.0 Å². The number of fused-ring (bicyclic) bond motifs is 1. The number of benzene rings is 2. The molecular formula is C24H22ClFN6O3S. The third-order valence-corrected chi connectivity index (χ3v) is 7.84. The first-order valence-electron chi connectivity index (χ1n) is 11.1. The standard InChI is InChI=1S/C24H22ClFN6O3S/c1-2-36(33,34)31-10-9-18(12-31)32-24-21(23(27)28-14-29-24)22(30-32)16-5-8-20(19(25)11-16)35-13-15-3-6-17(26)7-4-15/h2-8,11,14,18H,1,9-10,12-13H2,(H2,27,28,29)/t18-/m0/s1. The summed E-state index contributed by atoms with van der Waals surface area (Å²) >= 11 is 6.52. The van der Waals surface area contributed by atoms with Crippen LogP contribution in [0.5, 0.6) is 5.75 Å². The lowest BCUT2D eigenvalue weighted by molar-refractivity contribution is 0.306. The summed E-state index contributed by atoms with van der Waals surface area (Å²) in [5, 5.41) is 6.63. The van der Waals surface area contributed by atoms with Gasteiger partial charge >= 0.3 is 0 Å². The average Bonchev–Trinajstić information content (AvgIpc) is 3.51. The molecule has 2 aromatic heterocycles. The van der Waals surface area contributed by atoms with Gasteiger partial charge in [0.25, 0.3) is 0 Å². The molecule has 0 aliphatic carbocycles. The highest BCUT2D eigenvalue weighted by atomic mass is 35.5. The summed E-state index contributed by atoms with van der Waals surface area (Å²) < 4.78 is 46.5. The van der Waals surface area contributed by atoms with Crippen molar-refractivity contribution in [2.45, 2.75) is 19.1 Å². The quantitative estimate of drug-likeness (QED) is 0.382. The van der Waals surface area contributed by atoms with Crippen LogP contribution in [0.15, 0.2) is 60.8 Å². The molecule has 4 aromatic rings. The molecule has 2 aromatic carbocycles. The molecule has 186 valence electrons. The van der Waals surface area contributed by atoms with Crippen molar-refractivity contribution in [2.75, 3.05) is 18.8 Å². The molecule has 3 heterocycles. The Morgan fingerprint density at radius 2 is 2.00 bits per heavy atom. The predicted octanol–water partition coefficient (Wildman–Crippen LogP) is 4.17. The highest BCUT2D eigenvalue weighted by Gasteiger charge is 2.33. The maximum Gasteiger partial charge on any atom is 0.235 e. The van der Waals surface area contributed by atoms with Crippen LogP contribution in [-0.2, 0) is 16.6 Å². The summed E-state index contributed by atoms with van der Waals surface area (Å²) in [6.07, 6.45) is 1.91. The Morgan fingerprint density at radius 3 is 2.72 bits per heavy atom. The maximum atomic E-state index is 13.1. The van der Waals surface area contributed by atoms with E-state index in [1.165, 1.54) is 22.8 Å².